The van der Waals surface area contributed by atoms with E-state index in [0.29, 0.717) is 12.3 Å². The van der Waals surface area contributed by atoms with Gasteiger partial charge in [-0.25, -0.2) is 0 Å². The van der Waals surface area contributed by atoms with E-state index in [1.807, 2.05) is 6.20 Å². The Balaban J connectivity index is 1.40. The van der Waals surface area contributed by atoms with Crippen LogP contribution in [0.4, 0.5) is 0 Å². The van der Waals surface area contributed by atoms with Crippen molar-refractivity contribution in [3.63, 3.8) is 0 Å². The Morgan fingerprint density at radius 1 is 1.07 bits per heavy atom. The molecule has 0 atom stereocenters. The molecule has 150 valence electrons. The highest BCUT2D eigenvalue weighted by Crippen LogP contribution is 2.27. The second-order valence-electron chi connectivity index (χ2n) is 8.37. The molecule has 4 rings (SSSR count). The van der Waals surface area contributed by atoms with Crippen molar-refractivity contribution in [3.8, 4) is 11.1 Å². The molecule has 0 unspecified atom stereocenters. The van der Waals surface area contributed by atoms with Crippen molar-refractivity contribution in [1.29, 1.82) is 0 Å². The molecule has 0 spiro atoms. The minimum atomic E-state index is 0.157. The third kappa shape index (κ3) is 5.03. The quantitative estimate of drug-likeness (QED) is 0.578. The monoisotopic (exact) mass is 386 g/mol. The molecule has 0 bridgehead atoms. The number of pyridine rings is 1. The standard InChI is InChI=1S/C26H30N2O/c1-19-7-5-6-10-24(19)22-12-13-25-23(16-22)15-21(18-27-25)11-14-26(29)28-17-20-8-3-2-4-9-20/h5-7,10,12-13,15-16,18,20H,2-4,8-9,11,14,17H2,1H3,(H,28,29). The van der Waals surface area contributed by atoms with Crippen LogP contribution in [0.15, 0.2) is 54.7 Å². The lowest BCUT2D eigenvalue weighted by Crippen LogP contribution is -2.30. The first-order chi connectivity index (χ1) is 14.2. The second-order valence-corrected chi connectivity index (χ2v) is 8.37. The molecular weight excluding hydrogens is 356 g/mol. The summed E-state index contributed by atoms with van der Waals surface area (Å²) >= 11 is 0. The third-order valence-corrected chi connectivity index (χ3v) is 6.15. The Hall–Kier alpha value is -2.68. The van der Waals surface area contributed by atoms with E-state index >= 15 is 0 Å². The molecular formula is C26H30N2O. The number of aryl methyl sites for hydroxylation is 2. The molecule has 1 saturated carbocycles. The Morgan fingerprint density at radius 2 is 1.90 bits per heavy atom. The van der Waals surface area contributed by atoms with E-state index in [4.69, 9.17) is 0 Å². The lowest BCUT2D eigenvalue weighted by Gasteiger charge is -2.21. The van der Waals surface area contributed by atoms with Gasteiger partial charge >= 0.3 is 0 Å². The van der Waals surface area contributed by atoms with Gasteiger partial charge in [0.05, 0.1) is 5.52 Å². The number of aromatic nitrogens is 1. The SMILES string of the molecule is Cc1ccccc1-c1ccc2ncc(CCC(=O)NCC3CCCCC3)cc2c1. The molecule has 1 fully saturated rings. The number of carbonyl (C=O) groups is 1. The Morgan fingerprint density at radius 3 is 2.72 bits per heavy atom. The second kappa shape index (κ2) is 9.21. The molecule has 2 aromatic carbocycles. The topological polar surface area (TPSA) is 42.0 Å². The van der Waals surface area contributed by atoms with Gasteiger partial charge in [0.25, 0.3) is 0 Å². The highest BCUT2D eigenvalue weighted by Gasteiger charge is 2.14. The van der Waals surface area contributed by atoms with Gasteiger partial charge in [-0.15, -0.1) is 0 Å². The molecule has 0 saturated heterocycles. The van der Waals surface area contributed by atoms with Crippen molar-refractivity contribution in [2.24, 2.45) is 5.92 Å². The van der Waals surface area contributed by atoms with Crippen LogP contribution in [0.3, 0.4) is 0 Å². The van der Waals surface area contributed by atoms with E-state index in [0.717, 1.165) is 29.4 Å². The van der Waals surface area contributed by atoms with Crippen LogP contribution in [0.5, 0.6) is 0 Å². The maximum Gasteiger partial charge on any atom is 0.220 e. The Kier molecular flexibility index (Phi) is 6.24. The van der Waals surface area contributed by atoms with Crippen molar-refractivity contribution in [2.45, 2.75) is 51.9 Å². The first-order valence-electron chi connectivity index (χ1n) is 10.9. The molecule has 1 aromatic heterocycles. The zero-order valence-corrected chi connectivity index (χ0v) is 17.3. The van der Waals surface area contributed by atoms with Crippen LogP contribution in [0, 0.1) is 12.8 Å². The largest absolute Gasteiger partial charge is 0.356 e. The van der Waals surface area contributed by atoms with Crippen LogP contribution in [-0.4, -0.2) is 17.4 Å². The first-order valence-corrected chi connectivity index (χ1v) is 10.9. The number of amides is 1. The van der Waals surface area contributed by atoms with E-state index < -0.39 is 0 Å². The summed E-state index contributed by atoms with van der Waals surface area (Å²) in [5, 5.41) is 4.27. The maximum atomic E-state index is 12.3. The average molecular weight is 387 g/mol. The summed E-state index contributed by atoms with van der Waals surface area (Å²) in [6, 6.07) is 17.0. The van der Waals surface area contributed by atoms with E-state index in [-0.39, 0.29) is 5.91 Å². The number of rotatable bonds is 6. The molecule has 29 heavy (non-hydrogen) atoms. The fraction of sp³-hybridized carbons (Fsp3) is 0.385. The normalized spacial score (nSPS) is 14.8. The molecule has 1 heterocycles. The summed E-state index contributed by atoms with van der Waals surface area (Å²) in [6.45, 7) is 2.98. The smallest absolute Gasteiger partial charge is 0.220 e. The fourth-order valence-corrected chi connectivity index (χ4v) is 4.37. The number of hydrogen-bond donors (Lipinski definition) is 1. The minimum absolute atomic E-state index is 0.157. The van der Waals surface area contributed by atoms with Gasteiger partial charge in [0.1, 0.15) is 0 Å². The van der Waals surface area contributed by atoms with Crippen LogP contribution in [0.1, 0.15) is 49.7 Å². The zero-order valence-electron chi connectivity index (χ0n) is 17.3. The van der Waals surface area contributed by atoms with Crippen molar-refractivity contribution < 1.29 is 4.79 Å². The predicted molar refractivity (Wildman–Crippen MR) is 120 cm³/mol. The fourth-order valence-electron chi connectivity index (χ4n) is 4.37. The lowest BCUT2D eigenvalue weighted by atomic mass is 9.89. The summed E-state index contributed by atoms with van der Waals surface area (Å²) in [7, 11) is 0. The van der Waals surface area contributed by atoms with Gasteiger partial charge in [-0.05, 0) is 72.6 Å². The van der Waals surface area contributed by atoms with Gasteiger partial charge in [0, 0.05) is 24.5 Å². The van der Waals surface area contributed by atoms with Crippen LogP contribution in [-0.2, 0) is 11.2 Å². The zero-order chi connectivity index (χ0) is 20.1. The van der Waals surface area contributed by atoms with Crippen LogP contribution < -0.4 is 5.32 Å². The third-order valence-electron chi connectivity index (χ3n) is 6.15. The van der Waals surface area contributed by atoms with Gasteiger partial charge in [-0.2, -0.15) is 0 Å². The number of nitrogens with one attached hydrogen (secondary N) is 1. The van der Waals surface area contributed by atoms with E-state index in [1.165, 1.54) is 48.8 Å². The number of nitrogens with zero attached hydrogens (tertiary/aromatic N) is 1. The molecule has 0 aliphatic heterocycles. The van der Waals surface area contributed by atoms with Crippen molar-refractivity contribution in [1.82, 2.24) is 10.3 Å². The summed E-state index contributed by atoms with van der Waals surface area (Å²) in [5.41, 5.74) is 5.84. The molecule has 1 aliphatic rings. The van der Waals surface area contributed by atoms with Crippen LogP contribution in [0.25, 0.3) is 22.0 Å². The van der Waals surface area contributed by atoms with Gasteiger partial charge in [0.15, 0.2) is 0 Å². The summed E-state index contributed by atoms with van der Waals surface area (Å²) < 4.78 is 0. The number of carbonyl (C=O) groups excluding carboxylic acids is 1. The van der Waals surface area contributed by atoms with Gasteiger partial charge in [0.2, 0.25) is 5.91 Å². The first kappa shape index (κ1) is 19.6. The number of hydrogen-bond acceptors (Lipinski definition) is 2. The highest BCUT2D eigenvalue weighted by molar-refractivity contribution is 5.85. The van der Waals surface area contributed by atoms with Gasteiger partial charge in [-0.1, -0.05) is 49.6 Å². The molecule has 1 aliphatic carbocycles. The van der Waals surface area contributed by atoms with Crippen LogP contribution in [0.2, 0.25) is 0 Å². The summed E-state index contributed by atoms with van der Waals surface area (Å²) in [4.78, 5) is 16.9. The maximum absolute atomic E-state index is 12.3. The molecule has 1 amide bonds. The van der Waals surface area contributed by atoms with Crippen molar-refractivity contribution in [3.05, 3.63) is 65.9 Å². The minimum Gasteiger partial charge on any atom is -0.356 e. The Labute approximate surface area is 173 Å². The molecule has 1 N–H and O–H groups in total. The molecule has 0 radical (unpaired) electrons. The highest BCUT2D eigenvalue weighted by atomic mass is 16.1. The lowest BCUT2D eigenvalue weighted by molar-refractivity contribution is -0.121. The number of fused-ring (bicyclic) bond motifs is 1. The Bertz CT molecular complexity index is 989. The van der Waals surface area contributed by atoms with E-state index in [2.05, 4.69) is 65.8 Å². The summed E-state index contributed by atoms with van der Waals surface area (Å²) in [6.07, 6.45) is 9.67. The van der Waals surface area contributed by atoms with E-state index in [9.17, 15) is 4.79 Å². The van der Waals surface area contributed by atoms with Crippen molar-refractivity contribution in [2.75, 3.05) is 6.54 Å². The van der Waals surface area contributed by atoms with Gasteiger partial charge < -0.3 is 5.32 Å². The molecule has 3 aromatic rings. The van der Waals surface area contributed by atoms with Crippen molar-refractivity contribution >= 4 is 16.8 Å². The number of benzene rings is 2. The molecule has 3 heteroatoms. The van der Waals surface area contributed by atoms with E-state index in [1.54, 1.807) is 0 Å². The average Bonchev–Trinajstić information content (AvgIpc) is 2.77. The van der Waals surface area contributed by atoms with Gasteiger partial charge in [-0.3, -0.25) is 9.78 Å². The van der Waals surface area contributed by atoms with Crippen LogP contribution >= 0.6 is 0 Å². The summed E-state index contributed by atoms with van der Waals surface area (Å²) in [5.74, 6) is 0.833. The predicted octanol–water partition coefficient (Wildman–Crippen LogP) is 5.84. The molecule has 3 nitrogen and oxygen atoms in total.